The molecule has 0 bridgehead atoms. The third-order valence-electron chi connectivity index (χ3n) is 22.0. The van der Waals surface area contributed by atoms with Crippen molar-refractivity contribution in [3.63, 3.8) is 0 Å². The van der Waals surface area contributed by atoms with Crippen molar-refractivity contribution in [2.45, 2.75) is 231 Å². The number of amides is 12. The Morgan fingerprint density at radius 2 is 1.25 bits per heavy atom. The predicted molar refractivity (Wildman–Crippen MR) is 377 cm³/mol. The number of benzene rings is 2. The smallest absolute Gasteiger partial charge is 0.343 e. The Morgan fingerprint density at radius 3 is 1.82 bits per heavy atom. The van der Waals surface area contributed by atoms with Crippen LogP contribution in [0.3, 0.4) is 0 Å². The number of nitrogens with one attached hydrogen (secondary N) is 3. The molecule has 1 saturated carbocycles. The molecule has 5 aliphatic rings. The van der Waals surface area contributed by atoms with Gasteiger partial charge in [-0.05, 0) is 125 Å². The fourth-order valence-corrected chi connectivity index (χ4v) is 15.1. The fraction of sp³-hybridized carbons (Fsp3) is 0.676. The van der Waals surface area contributed by atoms with Gasteiger partial charge in [0.25, 0.3) is 0 Å². The number of likely N-dealkylation sites (tertiary alicyclic amines) is 1. The Kier molecular flexibility index (Phi) is 28.0. The van der Waals surface area contributed by atoms with Gasteiger partial charge in [-0.25, -0.2) is 0 Å². The zero-order valence-corrected chi connectivity index (χ0v) is 62.7. The van der Waals surface area contributed by atoms with E-state index in [0.29, 0.717) is 63.6 Å². The number of alkyl halides is 3. The van der Waals surface area contributed by atoms with Gasteiger partial charge in [0.05, 0.1) is 23.6 Å². The molecule has 564 valence electrons. The van der Waals surface area contributed by atoms with Crippen LogP contribution in [-0.4, -0.2) is 250 Å². The molecule has 11 atom stereocenters. The number of carbonyl (C=O) groups is 12. The molecule has 0 unspecified atom stereocenters. The van der Waals surface area contributed by atoms with Crippen molar-refractivity contribution < 1.29 is 70.7 Å². The van der Waals surface area contributed by atoms with E-state index in [0.717, 1.165) is 29.0 Å². The Labute approximate surface area is 603 Å². The third kappa shape index (κ3) is 18.9. The average Bonchev–Trinajstić information content (AvgIpc) is 1.39. The Hall–Kier alpha value is -7.84. The molecule has 3 N–H and O–H groups in total. The molecule has 2 aromatic carbocycles. The second kappa shape index (κ2) is 35.1. The molecule has 24 nitrogen and oxygen atoms in total. The lowest BCUT2D eigenvalue weighted by molar-refractivity contribution is -0.160. The van der Waals surface area contributed by atoms with E-state index in [1.165, 1.54) is 89.6 Å². The van der Waals surface area contributed by atoms with Gasteiger partial charge in [-0.3, -0.25) is 57.5 Å². The van der Waals surface area contributed by atoms with Crippen LogP contribution in [0.1, 0.15) is 167 Å². The van der Waals surface area contributed by atoms with E-state index in [9.17, 15) is 41.9 Å². The minimum absolute atomic E-state index is 0.0181. The van der Waals surface area contributed by atoms with Gasteiger partial charge in [0, 0.05) is 74.9 Å². The van der Waals surface area contributed by atoms with E-state index in [4.69, 9.17) is 11.6 Å². The highest BCUT2D eigenvalue weighted by atomic mass is 35.5. The van der Waals surface area contributed by atoms with Gasteiger partial charge >= 0.3 is 6.18 Å². The molecule has 2 aromatic rings. The maximum Gasteiger partial charge on any atom is 0.417 e. The van der Waals surface area contributed by atoms with E-state index < -0.39 is 172 Å². The number of likely N-dealkylation sites (N-methyl/N-ethyl adjacent to an activating group) is 6. The van der Waals surface area contributed by atoms with Gasteiger partial charge in [-0.2, -0.15) is 13.2 Å². The fourth-order valence-electron chi connectivity index (χ4n) is 14.8. The van der Waals surface area contributed by atoms with Crippen LogP contribution >= 0.6 is 11.6 Å². The number of nitrogens with zero attached hydrogens (tertiary/aromatic N) is 9. The molecule has 1 aliphatic carbocycles. The molecule has 4 aliphatic heterocycles. The maximum atomic E-state index is 15.6. The third-order valence-corrected chi connectivity index (χ3v) is 22.3. The summed E-state index contributed by atoms with van der Waals surface area (Å²) in [7, 11) is 8.50. The number of halogens is 4. The van der Waals surface area contributed by atoms with Crippen molar-refractivity contribution in [3.8, 4) is 0 Å². The lowest BCUT2D eigenvalue weighted by atomic mass is 9.90. The van der Waals surface area contributed by atoms with Crippen LogP contribution in [0.5, 0.6) is 0 Å². The summed E-state index contributed by atoms with van der Waals surface area (Å²) in [6.45, 7) is 14.5. The lowest BCUT2D eigenvalue weighted by Gasteiger charge is -2.45. The van der Waals surface area contributed by atoms with E-state index in [1.54, 1.807) is 30.9 Å². The summed E-state index contributed by atoms with van der Waals surface area (Å²) in [6.07, 6.45) is -0.690. The first-order valence-corrected chi connectivity index (χ1v) is 36.7. The Bertz CT molecular complexity index is 3400. The minimum Gasteiger partial charge on any atom is -0.343 e. The van der Waals surface area contributed by atoms with E-state index >= 15 is 28.8 Å². The molecule has 0 radical (unpaired) electrons. The van der Waals surface area contributed by atoms with Gasteiger partial charge in [0.2, 0.25) is 70.9 Å². The number of rotatable bonds is 12. The number of piperidine rings is 1. The van der Waals surface area contributed by atoms with Crippen LogP contribution in [0.4, 0.5) is 13.2 Å². The number of fused-ring (bicyclic) bond motifs is 2. The van der Waals surface area contributed by atoms with Crippen LogP contribution < -0.4 is 16.0 Å². The summed E-state index contributed by atoms with van der Waals surface area (Å²) in [5.74, 6) is -9.17. The van der Waals surface area contributed by atoms with Crippen LogP contribution in [0.25, 0.3) is 0 Å². The minimum atomic E-state index is -4.77. The average molecular weight is 1450 g/mol. The first kappa shape index (κ1) is 81.5. The second-order valence-electron chi connectivity index (χ2n) is 29.6. The topological polar surface area (TPSA) is 270 Å². The first-order chi connectivity index (χ1) is 48.0. The van der Waals surface area contributed by atoms with Crippen molar-refractivity contribution >= 4 is 82.5 Å². The molecule has 1 spiro atoms. The van der Waals surface area contributed by atoms with Crippen molar-refractivity contribution in [1.29, 1.82) is 0 Å². The van der Waals surface area contributed by atoms with Gasteiger partial charge in [0.1, 0.15) is 59.9 Å². The van der Waals surface area contributed by atoms with Crippen LogP contribution in [0.15, 0.2) is 42.5 Å². The van der Waals surface area contributed by atoms with Crippen molar-refractivity contribution in [3.05, 3.63) is 69.7 Å². The molecule has 4 heterocycles. The standard InChI is InChI=1S/C74H108ClF3N12O12/c1-15-46(6)61-70(100)83(10)48(8)65(95)90-38-32-55(90)68(98)85(12)57(41-50-26-24-45(5)25-27-50)67(97)82(9)43-59(91)79-53(31-29-49-28-30-51(52(75)40-49)74(76,77)78)66(96)89-37-22-23-54(89)64(94)81-73(33-18-19-34-73)72(102)87(14)62(47(7)16-2)71(101)86(13)58(69(99)88-35-20-17-21-36-88)42-60(92)84(11)56(39-44(3)4)63(93)80-61/h24-28,30,40,44,46-48,53-58,61-62H,15-23,29,31-39,41-43H2,1-14H3,(H,79,91)(H,80,93)(H,81,94)/t46-,47-,48-,53-,54-,55-,56-,57-,58-,61-,62-/m0/s1. The molecule has 0 aromatic heterocycles. The highest BCUT2D eigenvalue weighted by Gasteiger charge is 2.52. The van der Waals surface area contributed by atoms with Crippen molar-refractivity contribution in [1.82, 2.24) is 60.0 Å². The summed E-state index contributed by atoms with van der Waals surface area (Å²) in [6, 6.07) is -0.931. The van der Waals surface area contributed by atoms with E-state index in [2.05, 4.69) is 16.0 Å². The summed E-state index contributed by atoms with van der Waals surface area (Å²) in [4.78, 5) is 192. The monoisotopic (exact) mass is 1450 g/mol. The van der Waals surface area contributed by atoms with Crippen LogP contribution in [-0.2, 0) is 76.6 Å². The molecule has 12 amide bonds. The van der Waals surface area contributed by atoms with Crippen LogP contribution in [0.2, 0.25) is 5.02 Å². The summed E-state index contributed by atoms with van der Waals surface area (Å²) in [5.41, 5.74) is -0.823. The van der Waals surface area contributed by atoms with Gasteiger partial charge in [0.15, 0.2) is 0 Å². The highest BCUT2D eigenvalue weighted by molar-refractivity contribution is 6.31. The Morgan fingerprint density at radius 1 is 0.627 bits per heavy atom. The number of hydrogen-bond acceptors (Lipinski definition) is 12. The van der Waals surface area contributed by atoms with E-state index in [1.807, 2.05) is 46.8 Å². The molecular formula is C74H108ClF3N12O12. The predicted octanol–water partition coefficient (Wildman–Crippen LogP) is 6.00. The van der Waals surface area contributed by atoms with Crippen molar-refractivity contribution in [2.75, 3.05) is 75.0 Å². The highest BCUT2D eigenvalue weighted by Crippen LogP contribution is 2.37. The largest absolute Gasteiger partial charge is 0.417 e. The normalized spacial score (nSPS) is 26.6. The number of aryl methyl sites for hydroxylation is 2. The molecule has 7 rings (SSSR count). The van der Waals surface area contributed by atoms with Crippen LogP contribution in [0, 0.1) is 24.7 Å². The van der Waals surface area contributed by atoms with Gasteiger partial charge < -0.3 is 60.0 Å². The van der Waals surface area contributed by atoms with Crippen molar-refractivity contribution in [2.24, 2.45) is 17.8 Å². The zero-order chi connectivity index (χ0) is 75.6. The lowest BCUT2D eigenvalue weighted by Crippen LogP contribution is -2.65. The summed E-state index contributed by atoms with van der Waals surface area (Å²) < 4.78 is 41.7. The molecule has 5 fully saturated rings. The molecule has 4 saturated heterocycles. The Balaban J connectivity index is 1.30. The molecular weight excluding hydrogens is 1340 g/mol. The first-order valence-electron chi connectivity index (χ1n) is 36.3. The van der Waals surface area contributed by atoms with Gasteiger partial charge in [-0.15, -0.1) is 0 Å². The quantitative estimate of drug-likeness (QED) is 0.221. The molecule has 102 heavy (non-hydrogen) atoms. The summed E-state index contributed by atoms with van der Waals surface area (Å²) >= 11 is 6.16. The van der Waals surface area contributed by atoms with E-state index in [-0.39, 0.29) is 75.9 Å². The van der Waals surface area contributed by atoms with Gasteiger partial charge in [-0.1, -0.05) is 115 Å². The number of hydrogen-bond donors (Lipinski definition) is 3. The maximum absolute atomic E-state index is 15.6. The second-order valence-corrected chi connectivity index (χ2v) is 30.0. The molecule has 28 heteroatoms. The SMILES string of the molecule is CC[C@H](C)[C@@H]1NC(=O)[C@H](CC(C)C)N(C)C(=O)C[C@@H](C(=O)N2CCCCC2)N(C)C(=O)[C@H]([C@@H](C)CC)N(C)C(=O)C2(CCCC2)NC(=O)[C@@H]2CCCN2C(=O)[C@H](CCc2ccc(C(F)(F)F)c(Cl)c2)NC(=O)CN(C)C(=O)[C@H](Cc2ccc(C)cc2)N(C)C(=O)[C@@H]2CCN2C(=O)[C@H](C)N(C)C1=O. The zero-order valence-electron chi connectivity index (χ0n) is 62.0. The number of carbonyl (C=O) groups excluding carboxylic acids is 12. The summed E-state index contributed by atoms with van der Waals surface area (Å²) in [5, 5.41) is 8.13.